The van der Waals surface area contributed by atoms with E-state index in [0.717, 1.165) is 18.2 Å². The summed E-state index contributed by atoms with van der Waals surface area (Å²) in [6.45, 7) is 1.65. The number of amides is 1. The van der Waals surface area contributed by atoms with Gasteiger partial charge < -0.3 is 5.32 Å². The van der Waals surface area contributed by atoms with Crippen LogP contribution in [-0.4, -0.2) is 19.7 Å². The maximum atomic E-state index is 11.6. The van der Waals surface area contributed by atoms with Gasteiger partial charge in [0.2, 0.25) is 15.9 Å². The van der Waals surface area contributed by atoms with Crippen LogP contribution < -0.4 is 10.5 Å². The Labute approximate surface area is 121 Å². The molecule has 0 heterocycles. The second-order valence-electron chi connectivity index (χ2n) is 4.22. The first-order valence-electron chi connectivity index (χ1n) is 5.84. The van der Waals surface area contributed by atoms with Crippen LogP contribution in [0.3, 0.4) is 0 Å². The van der Waals surface area contributed by atoms with Crippen molar-refractivity contribution in [3.63, 3.8) is 0 Å². The second kappa shape index (κ2) is 7.02. The fourth-order valence-electron chi connectivity index (χ4n) is 1.59. The van der Waals surface area contributed by atoms with Crippen molar-refractivity contribution in [1.29, 1.82) is 0 Å². The summed E-state index contributed by atoms with van der Waals surface area (Å²) in [5.41, 5.74) is 0.998. The third-order valence-electron chi connectivity index (χ3n) is 2.57. The predicted molar refractivity (Wildman–Crippen MR) is 78.8 cm³/mol. The minimum Gasteiger partial charge on any atom is -0.326 e. The van der Waals surface area contributed by atoms with Crippen molar-refractivity contribution < 1.29 is 13.2 Å². The van der Waals surface area contributed by atoms with E-state index in [4.69, 9.17) is 5.14 Å². The van der Waals surface area contributed by atoms with Crippen molar-refractivity contribution in [2.75, 3.05) is 10.6 Å². The molecule has 0 bridgehead atoms. The monoisotopic (exact) mass is 348 g/mol. The van der Waals surface area contributed by atoms with Crippen LogP contribution in [0, 0.1) is 6.92 Å². The lowest BCUT2D eigenvalue weighted by Crippen LogP contribution is -2.15. The fourth-order valence-corrected chi connectivity index (χ4v) is 2.79. The van der Waals surface area contributed by atoms with Crippen LogP contribution in [0.2, 0.25) is 0 Å². The molecule has 3 N–H and O–H groups in total. The lowest BCUT2D eigenvalue weighted by molar-refractivity contribution is -0.116. The number of carbonyl (C=O) groups excluding carboxylic acids is 1. The van der Waals surface area contributed by atoms with Crippen LogP contribution in [0.1, 0.15) is 24.8 Å². The van der Waals surface area contributed by atoms with Gasteiger partial charge in [-0.05, 0) is 37.5 Å². The highest BCUT2D eigenvalue weighted by molar-refractivity contribution is 9.09. The number of unbranched alkanes of at least 4 members (excludes halogenated alkanes) is 1. The van der Waals surface area contributed by atoms with Gasteiger partial charge in [-0.2, -0.15) is 0 Å². The Bertz CT molecular complexity index is 558. The molecule has 0 saturated heterocycles. The second-order valence-corrected chi connectivity index (χ2v) is 6.54. The van der Waals surface area contributed by atoms with Gasteiger partial charge in [0.1, 0.15) is 0 Å². The molecular formula is C12H17BrN2O3S. The molecule has 0 aliphatic heterocycles. The number of sulfonamides is 1. The zero-order chi connectivity index (χ0) is 14.5. The van der Waals surface area contributed by atoms with Crippen LogP contribution in [0.25, 0.3) is 0 Å². The number of rotatable bonds is 6. The number of carbonyl (C=O) groups is 1. The number of halogens is 1. The number of aryl methyl sites for hydroxylation is 1. The third kappa shape index (κ3) is 5.30. The summed E-state index contributed by atoms with van der Waals surface area (Å²) in [6.07, 6.45) is 2.11. The highest BCUT2D eigenvalue weighted by atomic mass is 79.9. The third-order valence-corrected chi connectivity index (χ3v) is 4.18. The zero-order valence-electron chi connectivity index (χ0n) is 10.6. The van der Waals surface area contributed by atoms with E-state index in [1.807, 2.05) is 0 Å². The summed E-state index contributed by atoms with van der Waals surface area (Å²) >= 11 is 3.29. The Morgan fingerprint density at radius 3 is 2.63 bits per heavy atom. The highest BCUT2D eigenvalue weighted by Crippen LogP contribution is 2.19. The summed E-state index contributed by atoms with van der Waals surface area (Å²) in [6, 6.07) is 4.66. The number of benzene rings is 1. The van der Waals surface area contributed by atoms with Gasteiger partial charge in [0.15, 0.2) is 0 Å². The minimum absolute atomic E-state index is 0.0331. The molecule has 0 unspecified atom stereocenters. The van der Waals surface area contributed by atoms with Crippen LogP contribution in [0.4, 0.5) is 5.69 Å². The maximum Gasteiger partial charge on any atom is 0.238 e. The number of nitrogens with one attached hydrogen (secondary N) is 1. The Morgan fingerprint density at radius 1 is 1.37 bits per heavy atom. The van der Waals surface area contributed by atoms with E-state index < -0.39 is 10.0 Å². The van der Waals surface area contributed by atoms with Gasteiger partial charge in [-0.25, -0.2) is 13.6 Å². The molecule has 0 saturated carbocycles. The molecule has 0 fully saturated rings. The molecule has 1 aromatic rings. The summed E-state index contributed by atoms with van der Waals surface area (Å²) < 4.78 is 22.7. The number of hydrogen-bond donors (Lipinski definition) is 2. The average molecular weight is 349 g/mol. The number of nitrogens with two attached hydrogens (primary N) is 1. The Kier molecular flexibility index (Phi) is 5.96. The molecular weight excluding hydrogens is 332 g/mol. The lowest BCUT2D eigenvalue weighted by Gasteiger charge is -2.08. The normalized spacial score (nSPS) is 11.3. The molecule has 106 valence electrons. The molecule has 0 radical (unpaired) electrons. The Hall–Kier alpha value is -0.920. The van der Waals surface area contributed by atoms with Gasteiger partial charge in [-0.3, -0.25) is 4.79 Å². The van der Waals surface area contributed by atoms with Crippen molar-refractivity contribution >= 4 is 37.5 Å². The maximum absolute atomic E-state index is 11.6. The van der Waals surface area contributed by atoms with E-state index in [1.54, 1.807) is 19.1 Å². The van der Waals surface area contributed by atoms with Gasteiger partial charge in [-0.15, -0.1) is 0 Å². The molecule has 1 aromatic carbocycles. The van der Waals surface area contributed by atoms with E-state index in [-0.39, 0.29) is 10.8 Å². The Morgan fingerprint density at radius 2 is 2.05 bits per heavy atom. The summed E-state index contributed by atoms with van der Waals surface area (Å²) in [7, 11) is -3.77. The molecule has 0 aromatic heterocycles. The van der Waals surface area contributed by atoms with Crippen molar-refractivity contribution in [2.45, 2.75) is 31.1 Å². The van der Waals surface area contributed by atoms with Crippen LogP contribution in [-0.2, 0) is 14.8 Å². The molecule has 1 rings (SSSR count). The SMILES string of the molecule is Cc1ccc(NC(=O)CCCCBr)cc1S(N)(=O)=O. The molecule has 1 amide bonds. The molecule has 0 atom stereocenters. The van der Waals surface area contributed by atoms with Gasteiger partial charge in [0, 0.05) is 17.4 Å². The van der Waals surface area contributed by atoms with Crippen LogP contribution >= 0.6 is 15.9 Å². The quantitative estimate of drug-likeness (QED) is 0.609. The van der Waals surface area contributed by atoms with Gasteiger partial charge >= 0.3 is 0 Å². The van der Waals surface area contributed by atoms with Crippen molar-refractivity contribution in [3.05, 3.63) is 23.8 Å². The molecule has 0 aliphatic rings. The van der Waals surface area contributed by atoms with E-state index in [0.29, 0.717) is 17.7 Å². The largest absolute Gasteiger partial charge is 0.326 e. The Balaban J connectivity index is 2.78. The van der Waals surface area contributed by atoms with Gasteiger partial charge in [-0.1, -0.05) is 22.0 Å². The van der Waals surface area contributed by atoms with E-state index >= 15 is 0 Å². The number of hydrogen-bond acceptors (Lipinski definition) is 3. The zero-order valence-corrected chi connectivity index (χ0v) is 13.1. The number of alkyl halides is 1. The first kappa shape index (κ1) is 16.1. The predicted octanol–water partition coefficient (Wildman–Crippen LogP) is 2.15. The average Bonchev–Trinajstić information content (AvgIpc) is 2.30. The smallest absolute Gasteiger partial charge is 0.238 e. The molecule has 7 heteroatoms. The van der Waals surface area contributed by atoms with Gasteiger partial charge in [0.05, 0.1) is 4.90 Å². The number of primary sulfonamides is 1. The van der Waals surface area contributed by atoms with Crippen LogP contribution in [0.5, 0.6) is 0 Å². The van der Waals surface area contributed by atoms with E-state index in [1.165, 1.54) is 6.07 Å². The fraction of sp³-hybridized carbons (Fsp3) is 0.417. The summed E-state index contributed by atoms with van der Waals surface area (Å²) in [4.78, 5) is 11.7. The van der Waals surface area contributed by atoms with Gasteiger partial charge in [0.25, 0.3) is 0 Å². The first-order valence-corrected chi connectivity index (χ1v) is 8.50. The molecule has 0 spiro atoms. The summed E-state index contributed by atoms with van der Waals surface area (Å²) in [5, 5.41) is 8.64. The lowest BCUT2D eigenvalue weighted by atomic mass is 10.2. The highest BCUT2D eigenvalue weighted by Gasteiger charge is 2.12. The standard InChI is InChI=1S/C12H17BrN2O3S/c1-9-5-6-10(8-11(9)19(14,17)18)15-12(16)4-2-3-7-13/h5-6,8H,2-4,7H2,1H3,(H,15,16)(H2,14,17,18). The minimum atomic E-state index is -3.77. The number of anilines is 1. The molecule has 0 aliphatic carbocycles. The van der Waals surface area contributed by atoms with E-state index in [9.17, 15) is 13.2 Å². The molecule has 19 heavy (non-hydrogen) atoms. The van der Waals surface area contributed by atoms with Crippen molar-refractivity contribution in [1.82, 2.24) is 0 Å². The molecule has 5 nitrogen and oxygen atoms in total. The summed E-state index contributed by atoms with van der Waals surface area (Å²) in [5.74, 6) is -0.134. The first-order chi connectivity index (χ1) is 8.84. The van der Waals surface area contributed by atoms with E-state index in [2.05, 4.69) is 21.2 Å². The van der Waals surface area contributed by atoms with Crippen LogP contribution in [0.15, 0.2) is 23.1 Å². The van der Waals surface area contributed by atoms with Crippen molar-refractivity contribution in [2.24, 2.45) is 5.14 Å². The topological polar surface area (TPSA) is 89.3 Å². The van der Waals surface area contributed by atoms with Crippen molar-refractivity contribution in [3.8, 4) is 0 Å².